The first-order valence-electron chi connectivity index (χ1n) is 11.7. The molecule has 6 nitrogen and oxygen atoms in total. The van der Waals surface area contributed by atoms with Crippen LogP contribution in [0.2, 0.25) is 0 Å². The van der Waals surface area contributed by atoms with Gasteiger partial charge in [-0.2, -0.15) is 0 Å². The summed E-state index contributed by atoms with van der Waals surface area (Å²) in [5, 5.41) is 2.97. The van der Waals surface area contributed by atoms with Gasteiger partial charge < -0.3 is 15.1 Å². The minimum absolute atomic E-state index is 0.0553. The Morgan fingerprint density at radius 3 is 2.44 bits per heavy atom. The third kappa shape index (κ3) is 5.42. The van der Waals surface area contributed by atoms with Crippen LogP contribution in [0.4, 0.5) is 15.9 Å². The maximum absolute atomic E-state index is 14.0. The van der Waals surface area contributed by atoms with Crippen LogP contribution in [0.25, 0.3) is 0 Å². The number of hydrogen-bond acceptors (Lipinski definition) is 4. The van der Waals surface area contributed by atoms with Gasteiger partial charge in [-0.25, -0.2) is 9.37 Å². The van der Waals surface area contributed by atoms with E-state index in [0.717, 1.165) is 24.3 Å². The molecule has 0 aliphatic carbocycles. The molecule has 0 bridgehead atoms. The van der Waals surface area contributed by atoms with Crippen LogP contribution < -0.4 is 10.2 Å². The van der Waals surface area contributed by atoms with Gasteiger partial charge in [0, 0.05) is 26.2 Å². The number of carbonyl (C=O) groups excluding carboxylic acids is 2. The number of carbonyl (C=O) groups is 2. The third-order valence-corrected chi connectivity index (χ3v) is 6.15. The number of nitrogens with zero attached hydrogens (tertiary/aromatic N) is 3. The Kier molecular flexibility index (Phi) is 7.52. The van der Waals surface area contributed by atoms with Gasteiger partial charge in [0.05, 0.1) is 23.4 Å². The van der Waals surface area contributed by atoms with Crippen molar-refractivity contribution in [1.29, 1.82) is 0 Å². The molecule has 176 valence electrons. The number of anilines is 2. The molecule has 0 unspecified atom stereocenters. The molecule has 2 aromatic carbocycles. The second kappa shape index (κ2) is 10.9. The van der Waals surface area contributed by atoms with E-state index in [2.05, 4.69) is 15.2 Å². The molecule has 3 aromatic rings. The van der Waals surface area contributed by atoms with Crippen LogP contribution in [0.1, 0.15) is 41.6 Å². The van der Waals surface area contributed by atoms with E-state index in [9.17, 15) is 14.0 Å². The zero-order chi connectivity index (χ0) is 23.9. The highest BCUT2D eigenvalue weighted by Gasteiger charge is 2.23. The fraction of sp³-hybridized carbons (Fsp3) is 0.296. The van der Waals surface area contributed by atoms with Crippen LogP contribution in [0.15, 0.2) is 72.9 Å². The van der Waals surface area contributed by atoms with E-state index in [1.807, 2.05) is 49.4 Å². The van der Waals surface area contributed by atoms with Crippen molar-refractivity contribution in [3.05, 3.63) is 89.9 Å². The second-order valence-corrected chi connectivity index (χ2v) is 8.38. The maximum Gasteiger partial charge on any atom is 0.256 e. The summed E-state index contributed by atoms with van der Waals surface area (Å²) in [6.45, 7) is 4.40. The molecule has 34 heavy (non-hydrogen) atoms. The van der Waals surface area contributed by atoms with Crippen LogP contribution in [-0.2, 0) is 4.79 Å². The highest BCUT2D eigenvalue weighted by atomic mass is 19.1. The lowest BCUT2D eigenvalue weighted by Gasteiger charge is -2.23. The van der Waals surface area contributed by atoms with Crippen molar-refractivity contribution >= 4 is 23.3 Å². The van der Waals surface area contributed by atoms with Gasteiger partial charge in [-0.05, 0) is 42.7 Å². The van der Waals surface area contributed by atoms with Crippen LogP contribution >= 0.6 is 0 Å². The largest absolute Gasteiger partial charge is 0.355 e. The van der Waals surface area contributed by atoms with Crippen LogP contribution in [0.5, 0.6) is 0 Å². The average Bonchev–Trinajstić information content (AvgIpc) is 3.12. The zero-order valence-corrected chi connectivity index (χ0v) is 19.3. The van der Waals surface area contributed by atoms with Gasteiger partial charge in [-0.3, -0.25) is 9.59 Å². The standard InChI is InChI=1S/C27H29FN4O2/c1-2-22(20-9-4-3-5-10-20)26(33)30-21-13-14-25(29-19-21)31-15-8-16-32(18-17-31)27(34)23-11-6-7-12-24(23)28/h3-7,9-14,19,22H,2,8,15-18H2,1H3,(H,30,33)/t22-/m1/s1. The molecule has 1 fully saturated rings. The number of amides is 2. The molecular weight excluding hydrogens is 431 g/mol. The van der Waals surface area contributed by atoms with Gasteiger partial charge in [0.25, 0.3) is 5.91 Å². The molecule has 1 N–H and O–H groups in total. The topological polar surface area (TPSA) is 65.5 Å². The number of nitrogens with one attached hydrogen (secondary N) is 1. The summed E-state index contributed by atoms with van der Waals surface area (Å²) in [6.07, 6.45) is 3.13. The van der Waals surface area contributed by atoms with Gasteiger partial charge >= 0.3 is 0 Å². The van der Waals surface area contributed by atoms with Crippen molar-refractivity contribution in [2.24, 2.45) is 0 Å². The summed E-state index contributed by atoms with van der Waals surface area (Å²) in [6, 6.07) is 19.6. The third-order valence-electron chi connectivity index (χ3n) is 6.15. The molecule has 1 saturated heterocycles. The summed E-state index contributed by atoms with van der Waals surface area (Å²) < 4.78 is 14.0. The minimum Gasteiger partial charge on any atom is -0.355 e. The average molecular weight is 461 g/mol. The highest BCUT2D eigenvalue weighted by molar-refractivity contribution is 5.96. The minimum atomic E-state index is -0.495. The first-order chi connectivity index (χ1) is 16.6. The predicted molar refractivity (Wildman–Crippen MR) is 131 cm³/mol. The molecule has 1 atom stereocenters. The quantitative estimate of drug-likeness (QED) is 0.579. The smallest absolute Gasteiger partial charge is 0.256 e. The molecule has 1 aliphatic rings. The monoisotopic (exact) mass is 460 g/mol. The number of halogens is 1. The summed E-state index contributed by atoms with van der Waals surface area (Å²) >= 11 is 0. The zero-order valence-electron chi connectivity index (χ0n) is 19.3. The van der Waals surface area contributed by atoms with Crippen LogP contribution in [-0.4, -0.2) is 47.9 Å². The SMILES string of the molecule is CC[C@@H](C(=O)Nc1ccc(N2CCCN(C(=O)c3ccccc3F)CC2)nc1)c1ccccc1. The molecule has 7 heteroatoms. The van der Waals surface area contributed by atoms with Crippen molar-refractivity contribution < 1.29 is 14.0 Å². The number of benzene rings is 2. The van der Waals surface area contributed by atoms with Crippen molar-refractivity contribution in [2.75, 3.05) is 36.4 Å². The van der Waals surface area contributed by atoms with E-state index in [1.165, 1.54) is 12.1 Å². The molecule has 4 rings (SSSR count). The van der Waals surface area contributed by atoms with Crippen molar-refractivity contribution in [3.8, 4) is 0 Å². The lowest BCUT2D eigenvalue weighted by Crippen LogP contribution is -2.35. The Hall–Kier alpha value is -3.74. The van der Waals surface area contributed by atoms with E-state index in [-0.39, 0.29) is 23.3 Å². The van der Waals surface area contributed by atoms with Crippen molar-refractivity contribution in [2.45, 2.75) is 25.7 Å². The van der Waals surface area contributed by atoms with E-state index < -0.39 is 5.82 Å². The molecule has 0 saturated carbocycles. The number of hydrogen-bond donors (Lipinski definition) is 1. The Bertz CT molecular complexity index is 1120. The van der Waals surface area contributed by atoms with Gasteiger partial charge in [-0.15, -0.1) is 0 Å². The molecular formula is C27H29FN4O2. The summed E-state index contributed by atoms with van der Waals surface area (Å²) in [5.41, 5.74) is 1.75. The number of aromatic nitrogens is 1. The van der Waals surface area contributed by atoms with Crippen LogP contribution in [0, 0.1) is 5.82 Å². The lowest BCUT2D eigenvalue weighted by atomic mass is 9.95. The summed E-state index contributed by atoms with van der Waals surface area (Å²) in [7, 11) is 0. The molecule has 0 radical (unpaired) electrons. The summed E-state index contributed by atoms with van der Waals surface area (Å²) in [4.78, 5) is 33.9. The Morgan fingerprint density at radius 1 is 0.971 bits per heavy atom. The normalized spacial score (nSPS) is 14.9. The molecule has 0 spiro atoms. The van der Waals surface area contributed by atoms with Crippen molar-refractivity contribution in [3.63, 3.8) is 0 Å². The first kappa shape index (κ1) is 23.4. The first-order valence-corrected chi connectivity index (χ1v) is 11.7. The predicted octanol–water partition coefficient (Wildman–Crippen LogP) is 4.71. The molecule has 2 amide bonds. The Balaban J connectivity index is 1.37. The highest BCUT2D eigenvalue weighted by Crippen LogP contribution is 2.23. The molecule has 1 aliphatic heterocycles. The van der Waals surface area contributed by atoms with Crippen molar-refractivity contribution in [1.82, 2.24) is 9.88 Å². The van der Waals surface area contributed by atoms with E-state index in [4.69, 9.17) is 0 Å². The number of pyridine rings is 1. The maximum atomic E-state index is 14.0. The lowest BCUT2D eigenvalue weighted by molar-refractivity contribution is -0.117. The van der Waals surface area contributed by atoms with Crippen LogP contribution in [0.3, 0.4) is 0 Å². The Morgan fingerprint density at radius 2 is 1.74 bits per heavy atom. The fourth-order valence-electron chi connectivity index (χ4n) is 4.29. The molecule has 2 heterocycles. The van der Waals surface area contributed by atoms with Gasteiger partial charge in [0.15, 0.2) is 0 Å². The summed E-state index contributed by atoms with van der Waals surface area (Å²) in [5.74, 6) is -0.265. The van der Waals surface area contributed by atoms with E-state index >= 15 is 0 Å². The molecule has 1 aromatic heterocycles. The Labute approximate surface area is 199 Å². The van der Waals surface area contributed by atoms with Gasteiger partial charge in [0.1, 0.15) is 11.6 Å². The van der Waals surface area contributed by atoms with E-state index in [1.54, 1.807) is 23.2 Å². The van der Waals surface area contributed by atoms with Gasteiger partial charge in [-0.1, -0.05) is 49.4 Å². The van der Waals surface area contributed by atoms with Gasteiger partial charge in [0.2, 0.25) is 5.91 Å². The van der Waals surface area contributed by atoms with E-state index in [0.29, 0.717) is 31.7 Å². The fourth-order valence-corrected chi connectivity index (χ4v) is 4.29. The number of rotatable bonds is 6. The second-order valence-electron chi connectivity index (χ2n) is 8.38.